The number of hydrogen-bond donors (Lipinski definition) is 1. The summed E-state index contributed by atoms with van der Waals surface area (Å²) in [6.07, 6.45) is 4.56. The molecule has 108 valence electrons. The smallest absolute Gasteiger partial charge is 0.207 e. The molecular weight excluding hydrogens is 282 g/mol. The Labute approximate surface area is 125 Å². The number of rotatable bonds is 3. The van der Waals surface area contributed by atoms with E-state index in [0.717, 1.165) is 16.7 Å². The maximum absolute atomic E-state index is 12.4. The summed E-state index contributed by atoms with van der Waals surface area (Å²) in [5, 5.41) is 0. The lowest BCUT2D eigenvalue weighted by Crippen LogP contribution is -2.36. The van der Waals surface area contributed by atoms with E-state index in [1.807, 2.05) is 43.3 Å². The molecule has 0 fully saturated rings. The van der Waals surface area contributed by atoms with Crippen LogP contribution in [0.3, 0.4) is 0 Å². The van der Waals surface area contributed by atoms with Crippen molar-refractivity contribution in [1.82, 2.24) is 4.72 Å². The highest BCUT2D eigenvalue weighted by atomic mass is 32.2. The van der Waals surface area contributed by atoms with Gasteiger partial charge < -0.3 is 0 Å². The first-order valence-corrected chi connectivity index (χ1v) is 8.38. The molecule has 0 saturated heterocycles. The average Bonchev–Trinajstić information content (AvgIpc) is 2.47. The highest BCUT2D eigenvalue weighted by molar-refractivity contribution is 7.89. The van der Waals surface area contributed by atoms with Crippen LogP contribution in [0, 0.1) is 6.92 Å². The zero-order valence-electron chi connectivity index (χ0n) is 11.8. The number of benzene rings is 2. The van der Waals surface area contributed by atoms with E-state index in [9.17, 15) is 8.42 Å². The quantitative estimate of drug-likeness (QED) is 0.947. The molecule has 21 heavy (non-hydrogen) atoms. The Kier molecular flexibility index (Phi) is 3.66. The van der Waals surface area contributed by atoms with E-state index < -0.39 is 10.0 Å². The lowest BCUT2D eigenvalue weighted by molar-refractivity contribution is 0.569. The number of sulfonamides is 1. The predicted molar refractivity (Wildman–Crippen MR) is 84.5 cm³/mol. The van der Waals surface area contributed by atoms with Gasteiger partial charge in [-0.1, -0.05) is 54.1 Å². The maximum Gasteiger partial charge on any atom is 0.241 e. The van der Waals surface area contributed by atoms with Gasteiger partial charge in [0.2, 0.25) is 10.0 Å². The van der Waals surface area contributed by atoms with Crippen molar-refractivity contribution in [3.63, 3.8) is 0 Å². The fourth-order valence-corrected chi connectivity index (χ4v) is 3.66. The molecule has 1 aliphatic rings. The summed E-state index contributed by atoms with van der Waals surface area (Å²) < 4.78 is 27.5. The van der Waals surface area contributed by atoms with Crippen molar-refractivity contribution in [3.05, 3.63) is 71.3 Å². The van der Waals surface area contributed by atoms with E-state index in [0.29, 0.717) is 11.3 Å². The zero-order chi connectivity index (χ0) is 14.9. The number of nitrogens with one attached hydrogen (secondary N) is 1. The van der Waals surface area contributed by atoms with Crippen molar-refractivity contribution in [1.29, 1.82) is 0 Å². The second-order valence-corrected chi connectivity index (χ2v) is 7.02. The standard InChI is InChI=1S/C17H17NO2S/c1-13-6-10-17(11-7-13)21(19,20)18-16-9-8-14-4-2-3-5-15(14)12-16/h2-11,16,18H,12H2,1H3. The van der Waals surface area contributed by atoms with Gasteiger partial charge in [-0.2, -0.15) is 0 Å². The number of hydrogen-bond acceptors (Lipinski definition) is 2. The highest BCUT2D eigenvalue weighted by Crippen LogP contribution is 2.20. The first-order valence-electron chi connectivity index (χ1n) is 6.90. The predicted octanol–water partition coefficient (Wildman–Crippen LogP) is 2.91. The SMILES string of the molecule is Cc1ccc(S(=O)(=O)NC2C=Cc3ccccc3C2)cc1. The van der Waals surface area contributed by atoms with E-state index in [4.69, 9.17) is 0 Å². The van der Waals surface area contributed by atoms with Gasteiger partial charge in [0.1, 0.15) is 0 Å². The van der Waals surface area contributed by atoms with Crippen LogP contribution < -0.4 is 4.72 Å². The lowest BCUT2D eigenvalue weighted by atomic mass is 9.95. The van der Waals surface area contributed by atoms with Gasteiger partial charge in [0.15, 0.2) is 0 Å². The summed E-state index contributed by atoms with van der Waals surface area (Å²) in [5.41, 5.74) is 3.36. The van der Waals surface area contributed by atoms with Gasteiger partial charge >= 0.3 is 0 Å². The third-order valence-electron chi connectivity index (χ3n) is 3.64. The third kappa shape index (κ3) is 3.06. The maximum atomic E-state index is 12.4. The molecular formula is C17H17NO2S. The van der Waals surface area contributed by atoms with Gasteiger partial charge in [0, 0.05) is 6.04 Å². The van der Waals surface area contributed by atoms with Gasteiger partial charge in [0.05, 0.1) is 4.90 Å². The van der Waals surface area contributed by atoms with E-state index in [-0.39, 0.29) is 6.04 Å². The van der Waals surface area contributed by atoms with Crippen LogP contribution >= 0.6 is 0 Å². The summed E-state index contributed by atoms with van der Waals surface area (Å²) in [5.74, 6) is 0. The molecule has 1 atom stereocenters. The van der Waals surface area contributed by atoms with E-state index in [1.165, 1.54) is 0 Å². The van der Waals surface area contributed by atoms with E-state index in [2.05, 4.69) is 4.72 Å². The third-order valence-corrected chi connectivity index (χ3v) is 5.15. The fourth-order valence-electron chi connectivity index (χ4n) is 2.47. The van der Waals surface area contributed by atoms with Crippen molar-refractivity contribution in [2.45, 2.75) is 24.3 Å². The minimum absolute atomic E-state index is 0.203. The van der Waals surface area contributed by atoms with Crippen LogP contribution in [0.1, 0.15) is 16.7 Å². The molecule has 2 aromatic rings. The summed E-state index contributed by atoms with van der Waals surface area (Å²) in [7, 11) is -3.48. The second kappa shape index (κ2) is 5.47. The molecule has 3 rings (SSSR count). The van der Waals surface area contributed by atoms with Crippen molar-refractivity contribution in [3.8, 4) is 0 Å². The first kappa shape index (κ1) is 14.0. The monoisotopic (exact) mass is 299 g/mol. The topological polar surface area (TPSA) is 46.2 Å². The fraction of sp³-hybridized carbons (Fsp3) is 0.176. The Hall–Kier alpha value is -1.91. The molecule has 0 spiro atoms. The van der Waals surface area contributed by atoms with Crippen LogP contribution in [0.15, 0.2) is 59.5 Å². The van der Waals surface area contributed by atoms with Gasteiger partial charge in [-0.25, -0.2) is 13.1 Å². The molecule has 0 aliphatic heterocycles. The minimum Gasteiger partial charge on any atom is -0.207 e. The molecule has 0 radical (unpaired) electrons. The molecule has 0 bridgehead atoms. The molecule has 0 saturated carbocycles. The van der Waals surface area contributed by atoms with Crippen LogP contribution in [0.2, 0.25) is 0 Å². The molecule has 1 unspecified atom stereocenters. The first-order chi connectivity index (χ1) is 10.0. The van der Waals surface area contributed by atoms with Crippen molar-refractivity contribution >= 4 is 16.1 Å². The van der Waals surface area contributed by atoms with Gasteiger partial charge in [-0.05, 0) is 36.6 Å². The molecule has 4 heteroatoms. The second-order valence-electron chi connectivity index (χ2n) is 5.30. The lowest BCUT2D eigenvalue weighted by Gasteiger charge is -2.20. The Bertz CT molecular complexity index is 777. The van der Waals surface area contributed by atoms with Crippen LogP contribution in [-0.4, -0.2) is 14.5 Å². The minimum atomic E-state index is -3.48. The van der Waals surface area contributed by atoms with Crippen molar-refractivity contribution < 1.29 is 8.42 Å². The molecule has 0 heterocycles. The van der Waals surface area contributed by atoms with Gasteiger partial charge in [-0.15, -0.1) is 0 Å². The number of fused-ring (bicyclic) bond motifs is 1. The highest BCUT2D eigenvalue weighted by Gasteiger charge is 2.21. The Morgan fingerprint density at radius 3 is 2.52 bits per heavy atom. The van der Waals surface area contributed by atoms with Crippen molar-refractivity contribution in [2.24, 2.45) is 0 Å². The van der Waals surface area contributed by atoms with Crippen LogP contribution in [-0.2, 0) is 16.4 Å². The normalized spacial score (nSPS) is 17.5. The van der Waals surface area contributed by atoms with Gasteiger partial charge in [-0.3, -0.25) is 0 Å². The molecule has 1 aliphatic carbocycles. The summed E-state index contributed by atoms with van der Waals surface area (Å²) in [6.45, 7) is 1.94. The average molecular weight is 299 g/mol. The Morgan fingerprint density at radius 2 is 1.76 bits per heavy atom. The summed E-state index contributed by atoms with van der Waals surface area (Å²) in [4.78, 5) is 0.306. The Balaban J connectivity index is 1.80. The van der Waals surface area contributed by atoms with Crippen LogP contribution in [0.4, 0.5) is 0 Å². The molecule has 3 nitrogen and oxygen atoms in total. The largest absolute Gasteiger partial charge is 0.241 e. The summed E-state index contributed by atoms with van der Waals surface area (Å²) in [6, 6.07) is 14.7. The van der Waals surface area contributed by atoms with E-state index in [1.54, 1.807) is 24.3 Å². The van der Waals surface area contributed by atoms with Crippen molar-refractivity contribution in [2.75, 3.05) is 0 Å². The molecule has 1 N–H and O–H groups in total. The van der Waals surface area contributed by atoms with E-state index >= 15 is 0 Å². The Morgan fingerprint density at radius 1 is 1.05 bits per heavy atom. The van der Waals surface area contributed by atoms with Crippen LogP contribution in [0.5, 0.6) is 0 Å². The molecule has 0 amide bonds. The zero-order valence-corrected chi connectivity index (χ0v) is 12.6. The number of aryl methyl sites for hydroxylation is 1. The molecule has 2 aromatic carbocycles. The van der Waals surface area contributed by atoms with Gasteiger partial charge in [0.25, 0.3) is 0 Å². The van der Waals surface area contributed by atoms with Crippen LogP contribution in [0.25, 0.3) is 6.08 Å². The summed E-state index contributed by atoms with van der Waals surface area (Å²) >= 11 is 0. The molecule has 0 aromatic heterocycles.